The van der Waals surface area contributed by atoms with Crippen molar-refractivity contribution in [1.82, 2.24) is 15.0 Å². The minimum absolute atomic E-state index is 0.173. The third-order valence-electron chi connectivity index (χ3n) is 6.46. The van der Waals surface area contributed by atoms with Crippen LogP contribution in [0.25, 0.3) is 10.8 Å². The van der Waals surface area contributed by atoms with Gasteiger partial charge in [-0.25, -0.2) is 12.6 Å². The summed E-state index contributed by atoms with van der Waals surface area (Å²) in [6.45, 7) is 1.93. The van der Waals surface area contributed by atoms with E-state index >= 15 is 0 Å². The summed E-state index contributed by atoms with van der Waals surface area (Å²) in [4.78, 5) is 24.2. The molecule has 1 aromatic heterocycles. The molecule has 0 aliphatic carbocycles. The van der Waals surface area contributed by atoms with Crippen molar-refractivity contribution in [3.63, 3.8) is 0 Å². The second-order valence-electron chi connectivity index (χ2n) is 10.4. The second-order valence-corrected chi connectivity index (χ2v) is 15.2. The van der Waals surface area contributed by atoms with Crippen LogP contribution < -0.4 is 15.5 Å². The molecule has 4 rings (SSSR count). The summed E-state index contributed by atoms with van der Waals surface area (Å²) >= 11 is 0. The van der Waals surface area contributed by atoms with Crippen LogP contribution in [0.1, 0.15) is 12.5 Å². The Morgan fingerprint density at radius 1 is 0.959 bits per heavy atom. The van der Waals surface area contributed by atoms with Crippen LogP contribution in [0.15, 0.2) is 63.7 Å². The zero-order valence-corrected chi connectivity index (χ0v) is 28.3. The van der Waals surface area contributed by atoms with Crippen LogP contribution in [0.3, 0.4) is 0 Å². The fourth-order valence-corrected chi connectivity index (χ4v) is 6.56. The summed E-state index contributed by atoms with van der Waals surface area (Å²) in [6, 6.07) is 12.1. The first-order chi connectivity index (χ1) is 22.8. The number of carbonyl (C=O) groups is 1. The molecule has 0 aliphatic rings. The van der Waals surface area contributed by atoms with E-state index in [2.05, 4.69) is 40.0 Å². The summed E-state index contributed by atoms with van der Waals surface area (Å²) in [6.07, 6.45) is -1.20. The first kappa shape index (κ1) is 37.1. The van der Waals surface area contributed by atoms with E-state index in [1.165, 1.54) is 49.2 Å². The normalized spacial score (nSPS) is 12.4. The van der Waals surface area contributed by atoms with Crippen LogP contribution in [0.5, 0.6) is 0 Å². The Balaban J connectivity index is 1.54. The molecular weight excluding hydrogens is 712 g/mol. The molecular formula is C27H29FN8O10S3. The number of azo groups is 1. The van der Waals surface area contributed by atoms with Gasteiger partial charge in [0.15, 0.2) is 9.84 Å². The molecule has 4 N–H and O–H groups in total. The number of benzene rings is 3. The minimum Gasteiger partial charge on any atom is -0.343 e. The van der Waals surface area contributed by atoms with E-state index in [-0.39, 0.29) is 51.5 Å². The van der Waals surface area contributed by atoms with Gasteiger partial charge in [-0.05, 0) is 54.3 Å². The highest BCUT2D eigenvalue weighted by Crippen LogP contribution is 2.33. The summed E-state index contributed by atoms with van der Waals surface area (Å²) < 4.78 is 106. The summed E-state index contributed by atoms with van der Waals surface area (Å²) in [7, 11) is -11.8. The van der Waals surface area contributed by atoms with Crippen molar-refractivity contribution in [2.75, 3.05) is 47.2 Å². The number of aryl methyl sites for hydroxylation is 1. The largest absolute Gasteiger partial charge is 0.397 e. The van der Waals surface area contributed by atoms with Crippen molar-refractivity contribution >= 4 is 81.7 Å². The molecule has 1 heterocycles. The third-order valence-corrected chi connectivity index (χ3v) is 9.41. The van der Waals surface area contributed by atoms with Crippen LogP contribution in [-0.4, -0.2) is 86.9 Å². The first-order valence-electron chi connectivity index (χ1n) is 13.9. The highest BCUT2D eigenvalue weighted by molar-refractivity contribution is 7.91. The van der Waals surface area contributed by atoms with Gasteiger partial charge in [0.25, 0.3) is 10.1 Å². The van der Waals surface area contributed by atoms with Crippen molar-refractivity contribution in [3.8, 4) is 0 Å². The number of nitrogens with zero attached hydrogens (tertiary/aromatic N) is 6. The van der Waals surface area contributed by atoms with Crippen LogP contribution >= 0.6 is 0 Å². The predicted molar refractivity (Wildman–Crippen MR) is 176 cm³/mol. The number of fused-ring (bicyclic) bond motifs is 1. The number of rotatable bonds is 14. The second kappa shape index (κ2) is 14.8. The molecule has 0 bridgehead atoms. The number of halogens is 1. The molecule has 22 heteroatoms. The van der Waals surface area contributed by atoms with E-state index in [0.717, 1.165) is 0 Å². The van der Waals surface area contributed by atoms with E-state index in [1.54, 1.807) is 25.1 Å². The number of nitrogens with one attached hydrogen (secondary N) is 2. The van der Waals surface area contributed by atoms with Gasteiger partial charge in [-0.15, -0.1) is 5.11 Å². The van der Waals surface area contributed by atoms with Gasteiger partial charge in [0, 0.05) is 31.6 Å². The van der Waals surface area contributed by atoms with Crippen molar-refractivity contribution in [2.24, 2.45) is 10.2 Å². The average Bonchev–Trinajstić information content (AvgIpc) is 2.97. The van der Waals surface area contributed by atoms with Crippen molar-refractivity contribution in [2.45, 2.75) is 18.7 Å². The molecule has 49 heavy (non-hydrogen) atoms. The number of hydrogen-bond acceptors (Lipinski definition) is 15. The SMILES string of the molecule is CC(=O)Nc1cc(Nc2nc(F)nc(N(C)CCS(=O)(=O)CCOS(=O)(=O)O)n2)ccc1N=Nc1ccc2cc(C)cc(S(=O)(=O)O)c2c1. The Morgan fingerprint density at radius 2 is 1.69 bits per heavy atom. The number of amides is 1. The number of aromatic nitrogens is 3. The molecule has 1 amide bonds. The summed E-state index contributed by atoms with van der Waals surface area (Å²) in [5.41, 5.74) is 1.49. The average molecular weight is 741 g/mol. The lowest BCUT2D eigenvalue weighted by Crippen LogP contribution is -2.29. The molecule has 3 aromatic carbocycles. The molecule has 0 aliphatic heterocycles. The first-order valence-corrected chi connectivity index (χ1v) is 18.5. The molecule has 0 spiro atoms. The highest BCUT2D eigenvalue weighted by atomic mass is 32.3. The van der Waals surface area contributed by atoms with E-state index in [0.29, 0.717) is 10.9 Å². The van der Waals surface area contributed by atoms with Crippen LogP contribution in [0, 0.1) is 13.0 Å². The third kappa shape index (κ3) is 10.9. The fraction of sp³-hybridized carbons (Fsp3) is 0.259. The zero-order valence-electron chi connectivity index (χ0n) is 25.9. The standard InChI is InChI=1S/C27H29FN8O10S3/c1-16-12-18-4-5-20(14-21(18)24(13-16)48(40,41)42)34-35-22-7-6-19(15-23(22)29-17(2)37)30-26-31-25(28)32-27(33-26)36(3)8-10-47(38,39)11-9-46-49(43,44)45/h4-7,12-15H,8-11H2,1-3H3,(H,29,37)(H,40,41,42)(H,43,44,45)(H,30,31,32,33). The van der Waals surface area contributed by atoms with Crippen molar-refractivity contribution in [3.05, 3.63) is 60.2 Å². The molecule has 0 fully saturated rings. The lowest BCUT2D eigenvalue weighted by atomic mass is 10.1. The minimum atomic E-state index is -4.80. The maximum absolute atomic E-state index is 14.4. The fourth-order valence-electron chi connectivity index (χ4n) is 4.27. The topological polar surface area (TPSA) is 260 Å². The van der Waals surface area contributed by atoms with Crippen LogP contribution in [-0.2, 0) is 39.3 Å². The Morgan fingerprint density at radius 3 is 2.37 bits per heavy atom. The number of anilines is 4. The number of carbonyl (C=O) groups excluding carboxylic acids is 1. The van der Waals surface area contributed by atoms with Crippen molar-refractivity contribution < 1.29 is 47.7 Å². The van der Waals surface area contributed by atoms with Gasteiger partial charge in [-0.2, -0.15) is 41.3 Å². The van der Waals surface area contributed by atoms with Gasteiger partial charge >= 0.3 is 16.5 Å². The molecule has 0 radical (unpaired) electrons. The molecule has 0 unspecified atom stereocenters. The summed E-state index contributed by atoms with van der Waals surface area (Å²) in [5, 5.41) is 14.5. The van der Waals surface area contributed by atoms with Gasteiger partial charge in [-0.1, -0.05) is 12.1 Å². The Labute approximate surface area is 280 Å². The predicted octanol–water partition coefficient (Wildman–Crippen LogP) is 3.51. The lowest BCUT2D eigenvalue weighted by Gasteiger charge is -2.17. The quantitative estimate of drug-likeness (QED) is 0.106. The van der Waals surface area contributed by atoms with Gasteiger partial charge in [0.2, 0.25) is 17.8 Å². The molecule has 0 atom stereocenters. The van der Waals surface area contributed by atoms with Crippen LogP contribution in [0.4, 0.5) is 39.0 Å². The van der Waals surface area contributed by atoms with Gasteiger partial charge in [0.05, 0.1) is 29.5 Å². The maximum Gasteiger partial charge on any atom is 0.397 e. The zero-order chi connectivity index (χ0) is 36.1. The lowest BCUT2D eigenvalue weighted by molar-refractivity contribution is -0.114. The molecule has 0 saturated heterocycles. The molecule has 4 aromatic rings. The Hall–Kier alpha value is -4.74. The Kier molecular flexibility index (Phi) is 11.2. The van der Waals surface area contributed by atoms with Crippen LogP contribution in [0.2, 0.25) is 0 Å². The monoisotopic (exact) mass is 740 g/mol. The van der Waals surface area contributed by atoms with E-state index in [9.17, 15) is 39.0 Å². The maximum atomic E-state index is 14.4. The van der Waals surface area contributed by atoms with E-state index in [4.69, 9.17) is 4.55 Å². The smallest absolute Gasteiger partial charge is 0.343 e. The van der Waals surface area contributed by atoms with E-state index in [1.807, 2.05) is 0 Å². The van der Waals surface area contributed by atoms with Crippen molar-refractivity contribution in [1.29, 1.82) is 0 Å². The highest BCUT2D eigenvalue weighted by Gasteiger charge is 2.18. The van der Waals surface area contributed by atoms with Gasteiger partial charge < -0.3 is 15.5 Å². The van der Waals surface area contributed by atoms with Gasteiger partial charge in [-0.3, -0.25) is 13.9 Å². The molecule has 262 valence electrons. The molecule has 0 saturated carbocycles. The Bertz CT molecular complexity index is 2270. The number of hydrogen-bond donors (Lipinski definition) is 4. The number of sulfone groups is 1. The van der Waals surface area contributed by atoms with Gasteiger partial charge in [0.1, 0.15) is 10.6 Å². The molecule has 18 nitrogen and oxygen atoms in total. The summed E-state index contributed by atoms with van der Waals surface area (Å²) in [5.74, 6) is -2.19. The van der Waals surface area contributed by atoms with E-state index < -0.39 is 60.5 Å².